The first kappa shape index (κ1) is 20.7. The minimum Gasteiger partial charge on any atom is -0.495 e. The van der Waals surface area contributed by atoms with E-state index in [0.717, 1.165) is 16.7 Å². The molecule has 0 aromatic heterocycles. The summed E-state index contributed by atoms with van der Waals surface area (Å²) in [5, 5.41) is 15.6. The van der Waals surface area contributed by atoms with E-state index in [1.807, 2.05) is 79.7 Å². The maximum Gasteiger partial charge on any atom is 0.267 e. The van der Waals surface area contributed by atoms with Crippen LogP contribution in [-0.4, -0.2) is 13.0 Å². The zero-order chi connectivity index (χ0) is 21.3. The van der Waals surface area contributed by atoms with Crippen molar-refractivity contribution in [2.45, 2.75) is 13.0 Å². The lowest BCUT2D eigenvalue weighted by molar-refractivity contribution is -0.112. The molecule has 3 aromatic carbocycles. The molecule has 3 aromatic rings. The molecule has 0 saturated heterocycles. The Morgan fingerprint density at radius 2 is 1.60 bits per heavy atom. The number of rotatable bonds is 7. The van der Waals surface area contributed by atoms with Crippen molar-refractivity contribution in [1.82, 2.24) is 5.32 Å². The molecule has 0 aliphatic rings. The number of ether oxygens (including phenoxy) is 1. The maximum atomic E-state index is 12.7. The summed E-state index contributed by atoms with van der Waals surface area (Å²) >= 11 is 0. The lowest BCUT2D eigenvalue weighted by Crippen LogP contribution is -2.21. The van der Waals surface area contributed by atoms with Gasteiger partial charge in [-0.15, -0.1) is 0 Å². The number of nitriles is 1. The summed E-state index contributed by atoms with van der Waals surface area (Å²) in [6, 6.07) is 27.0. The highest BCUT2D eigenvalue weighted by molar-refractivity contribution is 6.07. The number of hydrogen-bond acceptors (Lipinski definition) is 4. The van der Waals surface area contributed by atoms with Crippen LogP contribution in [-0.2, 0) is 4.79 Å². The van der Waals surface area contributed by atoms with Crippen molar-refractivity contribution in [3.05, 3.63) is 107 Å². The topological polar surface area (TPSA) is 74.1 Å². The van der Waals surface area contributed by atoms with Crippen LogP contribution in [0.15, 0.2) is 90.6 Å². The highest BCUT2D eigenvalue weighted by Gasteiger charge is 2.16. The summed E-state index contributed by atoms with van der Waals surface area (Å²) < 4.78 is 5.30. The number of hydrogen-bond donors (Lipinski definition) is 2. The zero-order valence-electron chi connectivity index (χ0n) is 16.9. The fraction of sp³-hybridized carbons (Fsp3) is 0.120. The van der Waals surface area contributed by atoms with E-state index >= 15 is 0 Å². The number of carbonyl (C=O) groups is 1. The van der Waals surface area contributed by atoms with Crippen molar-refractivity contribution < 1.29 is 9.53 Å². The van der Waals surface area contributed by atoms with Gasteiger partial charge in [-0.3, -0.25) is 4.79 Å². The third-order valence-electron chi connectivity index (χ3n) is 4.63. The second-order valence-electron chi connectivity index (χ2n) is 6.75. The van der Waals surface area contributed by atoms with Crippen LogP contribution in [0.5, 0.6) is 5.75 Å². The van der Waals surface area contributed by atoms with E-state index in [-0.39, 0.29) is 11.6 Å². The van der Waals surface area contributed by atoms with Gasteiger partial charge in [-0.05, 0) is 35.7 Å². The highest BCUT2D eigenvalue weighted by atomic mass is 16.5. The van der Waals surface area contributed by atoms with E-state index < -0.39 is 5.91 Å². The molecule has 3 rings (SSSR count). The van der Waals surface area contributed by atoms with Gasteiger partial charge >= 0.3 is 0 Å². The lowest BCUT2D eigenvalue weighted by atomic mass is 9.99. The molecule has 5 nitrogen and oxygen atoms in total. The summed E-state index contributed by atoms with van der Waals surface area (Å²) in [5.74, 6) is 0.0272. The second kappa shape index (κ2) is 9.94. The number of nitrogens with zero attached hydrogens (tertiary/aromatic N) is 1. The van der Waals surface area contributed by atoms with Gasteiger partial charge in [0.1, 0.15) is 17.4 Å². The zero-order valence-corrected chi connectivity index (χ0v) is 16.9. The van der Waals surface area contributed by atoms with E-state index in [9.17, 15) is 10.1 Å². The summed E-state index contributed by atoms with van der Waals surface area (Å²) in [6.45, 7) is 1.92. The number of anilines is 1. The Labute approximate surface area is 176 Å². The number of aryl methyl sites for hydroxylation is 1. The Morgan fingerprint density at radius 3 is 2.13 bits per heavy atom. The molecule has 30 heavy (non-hydrogen) atoms. The quantitative estimate of drug-likeness (QED) is 0.447. The summed E-state index contributed by atoms with van der Waals surface area (Å²) in [7, 11) is 1.53. The number of methoxy groups -OCH3 is 1. The molecule has 0 bridgehead atoms. The van der Waals surface area contributed by atoms with E-state index in [0.29, 0.717) is 11.4 Å². The van der Waals surface area contributed by atoms with Gasteiger partial charge in [0, 0.05) is 6.20 Å². The monoisotopic (exact) mass is 397 g/mol. The Balaban J connectivity index is 1.85. The lowest BCUT2D eigenvalue weighted by Gasteiger charge is -2.19. The third-order valence-corrected chi connectivity index (χ3v) is 4.63. The molecule has 0 heterocycles. The van der Waals surface area contributed by atoms with Crippen LogP contribution in [0.4, 0.5) is 5.69 Å². The molecule has 0 aliphatic heterocycles. The first-order valence-electron chi connectivity index (χ1n) is 9.54. The average molecular weight is 397 g/mol. The predicted molar refractivity (Wildman–Crippen MR) is 118 cm³/mol. The van der Waals surface area contributed by atoms with Crippen molar-refractivity contribution >= 4 is 11.6 Å². The van der Waals surface area contributed by atoms with E-state index in [4.69, 9.17) is 4.74 Å². The van der Waals surface area contributed by atoms with Crippen LogP contribution in [0.1, 0.15) is 22.7 Å². The van der Waals surface area contributed by atoms with Crippen LogP contribution in [0.2, 0.25) is 0 Å². The van der Waals surface area contributed by atoms with Gasteiger partial charge in [0.25, 0.3) is 5.91 Å². The second-order valence-corrected chi connectivity index (χ2v) is 6.75. The predicted octanol–water partition coefficient (Wildman–Crippen LogP) is 4.73. The van der Waals surface area contributed by atoms with Crippen LogP contribution in [0, 0.1) is 18.3 Å². The van der Waals surface area contributed by atoms with Crippen LogP contribution in [0.3, 0.4) is 0 Å². The van der Waals surface area contributed by atoms with E-state index in [1.165, 1.54) is 13.3 Å². The van der Waals surface area contributed by atoms with Crippen molar-refractivity contribution in [2.24, 2.45) is 0 Å². The maximum absolute atomic E-state index is 12.7. The molecule has 1 amide bonds. The largest absolute Gasteiger partial charge is 0.495 e. The van der Waals surface area contributed by atoms with Gasteiger partial charge in [0.2, 0.25) is 0 Å². The molecule has 150 valence electrons. The van der Waals surface area contributed by atoms with Gasteiger partial charge < -0.3 is 15.4 Å². The number of carbonyl (C=O) groups excluding carboxylic acids is 1. The molecule has 0 unspecified atom stereocenters. The average Bonchev–Trinajstić information content (AvgIpc) is 2.78. The molecule has 0 spiro atoms. The van der Waals surface area contributed by atoms with Crippen molar-refractivity contribution in [3.8, 4) is 11.8 Å². The number of nitrogens with one attached hydrogen (secondary N) is 2. The first-order chi connectivity index (χ1) is 14.6. The minimum absolute atomic E-state index is 0.0320. The Morgan fingerprint density at radius 1 is 1.00 bits per heavy atom. The molecule has 0 radical (unpaired) electrons. The number of benzene rings is 3. The van der Waals surface area contributed by atoms with Gasteiger partial charge in [-0.25, -0.2) is 0 Å². The molecule has 2 N–H and O–H groups in total. The van der Waals surface area contributed by atoms with Crippen molar-refractivity contribution in [2.75, 3.05) is 12.4 Å². The van der Waals surface area contributed by atoms with E-state index in [2.05, 4.69) is 10.6 Å². The SMILES string of the molecule is COc1ccc(C)cc1NC(=O)/C(C#N)=C\NC(c1ccccc1)c1ccccc1. The summed E-state index contributed by atoms with van der Waals surface area (Å²) in [5.41, 5.74) is 3.51. The van der Waals surface area contributed by atoms with Gasteiger partial charge in [-0.2, -0.15) is 5.26 Å². The van der Waals surface area contributed by atoms with E-state index in [1.54, 1.807) is 12.1 Å². The summed E-state index contributed by atoms with van der Waals surface area (Å²) in [6.07, 6.45) is 1.46. The fourth-order valence-corrected chi connectivity index (χ4v) is 3.10. The van der Waals surface area contributed by atoms with Gasteiger partial charge in [-0.1, -0.05) is 66.7 Å². The number of amides is 1. The Hall–Kier alpha value is -4.04. The Kier molecular flexibility index (Phi) is 6.86. The van der Waals surface area contributed by atoms with Crippen LogP contribution >= 0.6 is 0 Å². The molecule has 0 saturated carbocycles. The standard InChI is InChI=1S/C25H23N3O2/c1-18-13-14-23(30-2)22(15-18)28-25(29)21(16-26)17-27-24(19-9-5-3-6-10-19)20-11-7-4-8-12-20/h3-15,17,24,27H,1-2H3,(H,28,29)/b21-17-. The normalized spacial score (nSPS) is 10.9. The van der Waals surface area contributed by atoms with Gasteiger partial charge in [0.15, 0.2) is 0 Å². The molecule has 5 heteroatoms. The van der Waals surface area contributed by atoms with Crippen LogP contribution in [0.25, 0.3) is 0 Å². The van der Waals surface area contributed by atoms with Gasteiger partial charge in [0.05, 0.1) is 18.8 Å². The van der Waals surface area contributed by atoms with Crippen molar-refractivity contribution in [1.29, 1.82) is 5.26 Å². The minimum atomic E-state index is -0.506. The molecular weight excluding hydrogens is 374 g/mol. The van der Waals surface area contributed by atoms with Crippen molar-refractivity contribution in [3.63, 3.8) is 0 Å². The molecular formula is C25H23N3O2. The highest BCUT2D eigenvalue weighted by Crippen LogP contribution is 2.26. The molecule has 0 fully saturated rings. The fourth-order valence-electron chi connectivity index (χ4n) is 3.10. The molecule has 0 aliphatic carbocycles. The molecule has 0 atom stereocenters. The summed E-state index contributed by atoms with van der Waals surface area (Å²) in [4.78, 5) is 12.7. The van der Waals surface area contributed by atoms with Crippen LogP contribution < -0.4 is 15.4 Å². The third kappa shape index (κ3) is 5.06. The first-order valence-corrected chi connectivity index (χ1v) is 9.54. The smallest absolute Gasteiger partial charge is 0.267 e. The Bertz CT molecular complexity index is 1030.